The molecular weight excluding hydrogens is 380 g/mol. The number of carbonyl (C=O) groups is 1. The molecule has 0 aliphatic heterocycles. The third-order valence-corrected chi connectivity index (χ3v) is 5.00. The summed E-state index contributed by atoms with van der Waals surface area (Å²) in [6.45, 7) is 1.91. The average Bonchev–Trinajstić information content (AvgIpc) is 3.39. The van der Waals surface area contributed by atoms with Gasteiger partial charge >= 0.3 is 5.97 Å². The van der Waals surface area contributed by atoms with Crippen LogP contribution in [0, 0.1) is 6.92 Å². The third-order valence-electron chi connectivity index (χ3n) is 5.00. The van der Waals surface area contributed by atoms with E-state index in [1.165, 1.54) is 0 Å². The molecule has 3 aromatic carbocycles. The number of carbonyl (C=O) groups excluding carboxylic acids is 1. The Morgan fingerprint density at radius 3 is 2.73 bits per heavy atom. The van der Waals surface area contributed by atoms with E-state index in [9.17, 15) is 4.79 Å². The largest absolute Gasteiger partial charge is 0.460 e. The van der Waals surface area contributed by atoms with Crippen LogP contribution in [0.3, 0.4) is 0 Å². The van der Waals surface area contributed by atoms with Crippen molar-refractivity contribution in [1.82, 2.24) is 10.1 Å². The number of rotatable bonds is 5. The van der Waals surface area contributed by atoms with Crippen molar-refractivity contribution in [3.8, 4) is 11.5 Å². The summed E-state index contributed by atoms with van der Waals surface area (Å²) in [5, 5.41) is 7.10. The minimum Gasteiger partial charge on any atom is -0.460 e. The predicted octanol–water partition coefficient (Wildman–Crippen LogP) is 5.23. The maximum absolute atomic E-state index is 12.3. The van der Waals surface area contributed by atoms with Crippen molar-refractivity contribution in [3.63, 3.8) is 0 Å². The zero-order valence-corrected chi connectivity index (χ0v) is 16.3. The lowest BCUT2D eigenvalue weighted by molar-refractivity contribution is -0.144. The maximum atomic E-state index is 12.3. The molecule has 0 aliphatic carbocycles. The first-order valence-electron chi connectivity index (χ1n) is 9.62. The molecule has 0 atom stereocenters. The molecule has 0 fully saturated rings. The van der Waals surface area contributed by atoms with Crippen LogP contribution in [-0.4, -0.2) is 16.1 Å². The second-order valence-corrected chi connectivity index (χ2v) is 7.08. The number of hydrogen-bond acceptors (Lipinski definition) is 6. The Morgan fingerprint density at radius 2 is 1.83 bits per heavy atom. The molecule has 0 radical (unpaired) electrons. The quantitative estimate of drug-likeness (QED) is 0.377. The Balaban J connectivity index is 1.27. The van der Waals surface area contributed by atoms with E-state index in [2.05, 4.69) is 10.1 Å². The molecule has 6 nitrogen and oxygen atoms in total. The summed E-state index contributed by atoms with van der Waals surface area (Å²) >= 11 is 0. The summed E-state index contributed by atoms with van der Waals surface area (Å²) in [6, 6.07) is 21.6. The second kappa shape index (κ2) is 7.48. The normalized spacial score (nSPS) is 11.2. The van der Waals surface area contributed by atoms with E-state index in [-0.39, 0.29) is 13.0 Å². The van der Waals surface area contributed by atoms with Crippen molar-refractivity contribution in [1.29, 1.82) is 0 Å². The van der Waals surface area contributed by atoms with Gasteiger partial charge in [-0.25, -0.2) is 0 Å². The molecule has 0 N–H and O–H groups in total. The molecule has 2 aromatic heterocycles. The lowest BCUT2D eigenvalue weighted by Gasteiger charge is -2.00. The van der Waals surface area contributed by atoms with E-state index in [0.29, 0.717) is 17.5 Å². The van der Waals surface area contributed by atoms with Crippen LogP contribution in [0.25, 0.3) is 33.2 Å². The molecule has 5 rings (SSSR count). The minimum absolute atomic E-state index is 0.0332. The molecule has 6 heteroatoms. The van der Waals surface area contributed by atoms with Crippen molar-refractivity contribution in [2.45, 2.75) is 20.0 Å². The number of aromatic nitrogens is 2. The summed E-state index contributed by atoms with van der Waals surface area (Å²) < 4.78 is 16.4. The molecule has 0 saturated carbocycles. The first-order chi connectivity index (χ1) is 14.7. The number of nitrogens with zero attached hydrogens (tertiary/aromatic N) is 2. The van der Waals surface area contributed by atoms with E-state index in [1.54, 1.807) is 0 Å². The number of aryl methyl sites for hydroxylation is 1. The number of benzene rings is 3. The van der Waals surface area contributed by atoms with Crippen LogP contribution in [0.1, 0.15) is 17.1 Å². The number of fused-ring (bicyclic) bond motifs is 3. The molecule has 0 spiro atoms. The molecule has 0 amide bonds. The topological polar surface area (TPSA) is 78.4 Å². The van der Waals surface area contributed by atoms with Crippen LogP contribution in [0.4, 0.5) is 0 Å². The Labute approximate surface area is 172 Å². The zero-order valence-electron chi connectivity index (χ0n) is 16.3. The molecule has 0 unspecified atom stereocenters. The van der Waals surface area contributed by atoms with Gasteiger partial charge in [-0.3, -0.25) is 4.79 Å². The highest BCUT2D eigenvalue weighted by Gasteiger charge is 2.15. The molecule has 5 aromatic rings. The fraction of sp³-hybridized carbons (Fsp3) is 0.125. The van der Waals surface area contributed by atoms with Gasteiger partial charge in [0, 0.05) is 10.9 Å². The van der Waals surface area contributed by atoms with E-state index in [4.69, 9.17) is 13.7 Å². The second-order valence-electron chi connectivity index (χ2n) is 7.08. The van der Waals surface area contributed by atoms with Gasteiger partial charge in [0.05, 0.1) is 0 Å². The molecule has 0 bridgehead atoms. The van der Waals surface area contributed by atoms with Gasteiger partial charge in [0.2, 0.25) is 5.82 Å². The van der Waals surface area contributed by atoms with Crippen LogP contribution >= 0.6 is 0 Å². The van der Waals surface area contributed by atoms with Gasteiger partial charge in [0.15, 0.2) is 6.61 Å². The van der Waals surface area contributed by atoms with Gasteiger partial charge in [-0.15, -0.1) is 0 Å². The van der Waals surface area contributed by atoms with Gasteiger partial charge in [-0.1, -0.05) is 53.7 Å². The predicted molar refractivity (Wildman–Crippen MR) is 112 cm³/mol. The fourth-order valence-electron chi connectivity index (χ4n) is 3.51. The first-order valence-corrected chi connectivity index (χ1v) is 9.62. The SMILES string of the molecule is Cc1ccccc1-c1nc(COC(=O)Cc2cc3c(ccc4ccccc43)o2)no1. The van der Waals surface area contributed by atoms with Crippen LogP contribution in [0.15, 0.2) is 75.7 Å². The standard InChI is InChI=1S/C24H18N2O4/c1-15-6-2-4-8-18(15)24-25-22(26-30-24)14-28-23(27)13-17-12-20-19-9-5-3-7-16(19)10-11-21(20)29-17/h2-12H,13-14H2,1H3. The Kier molecular flexibility index (Phi) is 4.52. The van der Waals surface area contributed by atoms with E-state index in [1.807, 2.05) is 73.7 Å². The molecule has 2 heterocycles. The fourth-order valence-corrected chi connectivity index (χ4v) is 3.51. The minimum atomic E-state index is -0.416. The Hall–Kier alpha value is -3.93. The van der Waals surface area contributed by atoms with E-state index in [0.717, 1.165) is 32.9 Å². The van der Waals surface area contributed by atoms with Gasteiger partial charge in [-0.05, 0) is 41.5 Å². The summed E-state index contributed by atoms with van der Waals surface area (Å²) in [5.74, 6) is 0.862. The summed E-state index contributed by atoms with van der Waals surface area (Å²) in [7, 11) is 0. The Morgan fingerprint density at radius 1 is 1.00 bits per heavy atom. The van der Waals surface area contributed by atoms with Crippen LogP contribution in [0.5, 0.6) is 0 Å². The lowest BCUT2D eigenvalue weighted by Crippen LogP contribution is -2.08. The van der Waals surface area contributed by atoms with E-state index < -0.39 is 5.97 Å². The summed E-state index contributed by atoms with van der Waals surface area (Å²) in [5.41, 5.74) is 2.64. The zero-order chi connectivity index (χ0) is 20.5. The lowest BCUT2D eigenvalue weighted by atomic mass is 10.1. The van der Waals surface area contributed by atoms with Crippen molar-refractivity contribution in [2.75, 3.05) is 0 Å². The monoisotopic (exact) mass is 398 g/mol. The van der Waals surface area contributed by atoms with Crippen LogP contribution < -0.4 is 0 Å². The van der Waals surface area contributed by atoms with Crippen LogP contribution in [-0.2, 0) is 22.6 Å². The summed E-state index contributed by atoms with van der Waals surface area (Å²) in [4.78, 5) is 16.6. The molecule has 0 saturated heterocycles. The summed E-state index contributed by atoms with van der Waals surface area (Å²) in [6.07, 6.45) is 0.0332. The van der Waals surface area contributed by atoms with Crippen molar-refractivity contribution in [3.05, 3.63) is 83.9 Å². The highest BCUT2D eigenvalue weighted by molar-refractivity contribution is 6.06. The smallest absolute Gasteiger partial charge is 0.313 e. The highest BCUT2D eigenvalue weighted by atomic mass is 16.5. The molecule has 30 heavy (non-hydrogen) atoms. The van der Waals surface area contributed by atoms with Crippen molar-refractivity contribution < 1.29 is 18.5 Å². The number of hydrogen-bond donors (Lipinski definition) is 0. The maximum Gasteiger partial charge on any atom is 0.313 e. The Bertz CT molecular complexity index is 1370. The van der Waals surface area contributed by atoms with Crippen molar-refractivity contribution >= 4 is 27.7 Å². The van der Waals surface area contributed by atoms with Gasteiger partial charge in [0.25, 0.3) is 5.89 Å². The van der Waals surface area contributed by atoms with E-state index >= 15 is 0 Å². The van der Waals surface area contributed by atoms with Gasteiger partial charge < -0.3 is 13.7 Å². The van der Waals surface area contributed by atoms with Crippen LogP contribution in [0.2, 0.25) is 0 Å². The van der Waals surface area contributed by atoms with Gasteiger partial charge in [-0.2, -0.15) is 4.98 Å². The van der Waals surface area contributed by atoms with Gasteiger partial charge in [0.1, 0.15) is 17.8 Å². The molecule has 148 valence electrons. The first kappa shape index (κ1) is 18.1. The average molecular weight is 398 g/mol. The number of esters is 1. The third kappa shape index (κ3) is 3.43. The highest BCUT2D eigenvalue weighted by Crippen LogP contribution is 2.28. The van der Waals surface area contributed by atoms with Crippen molar-refractivity contribution in [2.24, 2.45) is 0 Å². The molecule has 0 aliphatic rings. The number of furan rings is 1. The molecular formula is C24H18N2O4. The number of ether oxygens (including phenoxy) is 1.